The van der Waals surface area contributed by atoms with Crippen LogP contribution in [0.2, 0.25) is 0 Å². The molecule has 5 nitrogen and oxygen atoms in total. The van der Waals surface area contributed by atoms with Crippen molar-refractivity contribution in [2.24, 2.45) is 17.8 Å². The lowest BCUT2D eigenvalue weighted by molar-refractivity contribution is -0.137. The molecule has 2 saturated heterocycles. The molecular formula is C26H41N3O2. The summed E-state index contributed by atoms with van der Waals surface area (Å²) in [5, 5.41) is 0. The second-order valence-corrected chi connectivity index (χ2v) is 10.7. The van der Waals surface area contributed by atoms with Gasteiger partial charge >= 0.3 is 0 Å². The number of hydrogen-bond acceptors (Lipinski definition) is 4. The number of carbonyl (C=O) groups excluding carboxylic acids is 1. The maximum Gasteiger partial charge on any atom is 0.227 e. The number of piperidine rings is 1. The minimum Gasteiger partial charge on any atom is -0.493 e. The summed E-state index contributed by atoms with van der Waals surface area (Å²) in [6, 6.07) is 7.11. The number of hydrogen-bond donors (Lipinski definition) is 0. The van der Waals surface area contributed by atoms with Gasteiger partial charge in [0.05, 0.1) is 12.5 Å². The third-order valence-electron chi connectivity index (χ3n) is 7.35. The first kappa shape index (κ1) is 22.6. The molecule has 1 aliphatic carbocycles. The smallest absolute Gasteiger partial charge is 0.227 e. The van der Waals surface area contributed by atoms with E-state index < -0.39 is 0 Å². The fourth-order valence-electron chi connectivity index (χ4n) is 5.74. The summed E-state index contributed by atoms with van der Waals surface area (Å²) < 4.78 is 6.27. The number of ether oxygens (including phenoxy) is 1. The van der Waals surface area contributed by atoms with Crippen molar-refractivity contribution in [3.63, 3.8) is 0 Å². The van der Waals surface area contributed by atoms with Crippen LogP contribution in [0.15, 0.2) is 18.2 Å². The quantitative estimate of drug-likeness (QED) is 0.669. The van der Waals surface area contributed by atoms with Gasteiger partial charge in [0.1, 0.15) is 5.75 Å². The van der Waals surface area contributed by atoms with Crippen molar-refractivity contribution in [1.29, 1.82) is 0 Å². The van der Waals surface area contributed by atoms with Gasteiger partial charge in [-0.25, -0.2) is 0 Å². The van der Waals surface area contributed by atoms with Crippen LogP contribution in [0.25, 0.3) is 0 Å². The number of fused-ring (bicyclic) bond motifs is 1. The van der Waals surface area contributed by atoms with E-state index >= 15 is 0 Å². The summed E-state index contributed by atoms with van der Waals surface area (Å²) in [5.41, 5.74) is 2.94. The molecule has 0 N–H and O–H groups in total. The molecular weight excluding hydrogens is 386 g/mol. The molecule has 3 atom stereocenters. The lowest BCUT2D eigenvalue weighted by atomic mass is 9.88. The Morgan fingerprint density at radius 2 is 1.97 bits per heavy atom. The summed E-state index contributed by atoms with van der Waals surface area (Å²) in [6.07, 6.45) is 5.68. The van der Waals surface area contributed by atoms with E-state index in [1.54, 1.807) is 0 Å². The van der Waals surface area contributed by atoms with E-state index in [1.165, 1.54) is 30.4 Å². The maximum absolute atomic E-state index is 13.4. The van der Waals surface area contributed by atoms with Crippen molar-refractivity contribution in [2.75, 3.05) is 53.4 Å². The van der Waals surface area contributed by atoms with Crippen LogP contribution in [0.4, 0.5) is 0 Å². The summed E-state index contributed by atoms with van der Waals surface area (Å²) in [7, 11) is 4.24. The summed E-state index contributed by atoms with van der Waals surface area (Å²) in [4.78, 5) is 20.3. The molecule has 0 bridgehead atoms. The predicted octanol–water partition coefficient (Wildman–Crippen LogP) is 3.31. The van der Waals surface area contributed by atoms with Crippen LogP contribution >= 0.6 is 0 Å². The number of rotatable bonds is 7. The molecule has 1 aromatic rings. The van der Waals surface area contributed by atoms with Crippen molar-refractivity contribution in [2.45, 2.75) is 52.0 Å². The molecule has 2 aliphatic heterocycles. The molecule has 0 saturated carbocycles. The second-order valence-electron chi connectivity index (χ2n) is 10.7. The van der Waals surface area contributed by atoms with E-state index in [-0.39, 0.29) is 5.92 Å². The molecule has 31 heavy (non-hydrogen) atoms. The molecule has 1 unspecified atom stereocenters. The number of amides is 1. The van der Waals surface area contributed by atoms with Crippen LogP contribution in [0.5, 0.6) is 5.75 Å². The van der Waals surface area contributed by atoms with E-state index in [4.69, 9.17) is 4.74 Å². The standard InChI is InChI=1S/C26H41N3O2/c1-19(2)14-28-15-20(18-31-25-9-8-21-6-5-7-22(21)13-25)12-23(16-28)26(30)29-11-10-24(17-29)27(3)4/h8-9,13,19-20,23-24H,5-7,10-12,14-18H2,1-4H3/t20-,23+,24?/m0/s1. The van der Waals surface area contributed by atoms with Gasteiger partial charge < -0.3 is 19.4 Å². The van der Waals surface area contributed by atoms with Crippen molar-refractivity contribution < 1.29 is 9.53 Å². The molecule has 3 aliphatic rings. The number of nitrogens with zero attached hydrogens (tertiary/aromatic N) is 3. The highest BCUT2D eigenvalue weighted by molar-refractivity contribution is 5.79. The van der Waals surface area contributed by atoms with Gasteiger partial charge in [-0.3, -0.25) is 4.79 Å². The van der Waals surface area contributed by atoms with Gasteiger partial charge in [0.25, 0.3) is 0 Å². The van der Waals surface area contributed by atoms with Crippen LogP contribution in [0.1, 0.15) is 44.2 Å². The van der Waals surface area contributed by atoms with Gasteiger partial charge in [0.2, 0.25) is 5.91 Å². The van der Waals surface area contributed by atoms with Crippen molar-refractivity contribution in [3.8, 4) is 5.75 Å². The topological polar surface area (TPSA) is 36.0 Å². The average Bonchev–Trinajstić information content (AvgIpc) is 3.40. The lowest BCUT2D eigenvalue weighted by Crippen LogP contribution is -2.49. The SMILES string of the molecule is CC(C)CN1C[C@@H](COc2ccc3c(c2)CCC3)C[C@@H](C(=O)N2CCC(N(C)C)C2)C1. The Morgan fingerprint density at radius 3 is 2.71 bits per heavy atom. The van der Waals surface area contributed by atoms with Gasteiger partial charge in [-0.05, 0) is 75.4 Å². The summed E-state index contributed by atoms with van der Waals surface area (Å²) in [6.45, 7) is 10.0. The van der Waals surface area contributed by atoms with Gasteiger partial charge in [-0.15, -0.1) is 0 Å². The first-order chi connectivity index (χ1) is 14.9. The van der Waals surface area contributed by atoms with E-state index in [0.717, 1.165) is 51.3 Å². The van der Waals surface area contributed by atoms with Gasteiger partial charge in [-0.2, -0.15) is 0 Å². The van der Waals surface area contributed by atoms with Crippen LogP contribution < -0.4 is 4.74 Å². The van der Waals surface area contributed by atoms with Gasteiger partial charge in [0, 0.05) is 44.7 Å². The average molecular weight is 428 g/mol. The number of carbonyl (C=O) groups is 1. The summed E-state index contributed by atoms with van der Waals surface area (Å²) in [5.74, 6) is 2.47. The Kier molecular flexibility index (Phi) is 7.22. The van der Waals surface area contributed by atoms with Crippen LogP contribution in [0, 0.1) is 17.8 Å². The molecule has 2 fully saturated rings. The zero-order chi connectivity index (χ0) is 22.0. The largest absolute Gasteiger partial charge is 0.493 e. The molecule has 5 heteroatoms. The zero-order valence-corrected chi connectivity index (χ0v) is 20.0. The first-order valence-corrected chi connectivity index (χ1v) is 12.3. The van der Waals surface area contributed by atoms with E-state index in [1.807, 2.05) is 0 Å². The van der Waals surface area contributed by atoms with E-state index in [2.05, 4.69) is 60.8 Å². The molecule has 1 aromatic carbocycles. The Hall–Kier alpha value is -1.59. The molecule has 0 radical (unpaired) electrons. The third-order valence-corrected chi connectivity index (χ3v) is 7.35. The molecule has 0 spiro atoms. The minimum absolute atomic E-state index is 0.0991. The van der Waals surface area contributed by atoms with Crippen molar-refractivity contribution in [3.05, 3.63) is 29.3 Å². The highest BCUT2D eigenvalue weighted by Crippen LogP contribution is 2.29. The minimum atomic E-state index is 0.0991. The maximum atomic E-state index is 13.4. The van der Waals surface area contributed by atoms with Gasteiger partial charge in [0.15, 0.2) is 0 Å². The second kappa shape index (κ2) is 9.91. The number of aryl methyl sites for hydroxylation is 2. The Morgan fingerprint density at radius 1 is 1.16 bits per heavy atom. The first-order valence-electron chi connectivity index (χ1n) is 12.3. The fraction of sp³-hybridized carbons (Fsp3) is 0.731. The van der Waals surface area contributed by atoms with E-state index in [0.29, 0.717) is 30.4 Å². The van der Waals surface area contributed by atoms with Crippen molar-refractivity contribution >= 4 is 5.91 Å². The van der Waals surface area contributed by atoms with Crippen LogP contribution in [-0.4, -0.2) is 80.1 Å². The highest BCUT2D eigenvalue weighted by Gasteiger charge is 2.37. The van der Waals surface area contributed by atoms with Crippen LogP contribution in [0.3, 0.4) is 0 Å². The summed E-state index contributed by atoms with van der Waals surface area (Å²) >= 11 is 0. The normalized spacial score (nSPS) is 26.6. The number of benzene rings is 1. The molecule has 1 amide bonds. The monoisotopic (exact) mass is 427 g/mol. The molecule has 0 aromatic heterocycles. The van der Waals surface area contributed by atoms with E-state index in [9.17, 15) is 4.79 Å². The zero-order valence-electron chi connectivity index (χ0n) is 20.0. The predicted molar refractivity (Wildman–Crippen MR) is 126 cm³/mol. The fourth-order valence-corrected chi connectivity index (χ4v) is 5.74. The number of likely N-dealkylation sites (tertiary alicyclic amines) is 2. The Balaban J connectivity index is 1.38. The lowest BCUT2D eigenvalue weighted by Gasteiger charge is -2.39. The molecule has 172 valence electrons. The van der Waals surface area contributed by atoms with Crippen molar-refractivity contribution in [1.82, 2.24) is 14.7 Å². The molecule has 2 heterocycles. The molecule has 4 rings (SSSR count). The van der Waals surface area contributed by atoms with Gasteiger partial charge in [-0.1, -0.05) is 19.9 Å². The van der Waals surface area contributed by atoms with Crippen LogP contribution in [-0.2, 0) is 17.6 Å². The highest BCUT2D eigenvalue weighted by atomic mass is 16.5. The Labute approximate surface area is 188 Å². The Bertz CT molecular complexity index is 763. The number of likely N-dealkylation sites (N-methyl/N-ethyl adjacent to an activating group) is 1. The third kappa shape index (κ3) is 5.61.